The summed E-state index contributed by atoms with van der Waals surface area (Å²) in [5.41, 5.74) is 7.53. The van der Waals surface area contributed by atoms with Crippen molar-refractivity contribution in [1.29, 1.82) is 0 Å². The highest BCUT2D eigenvalue weighted by Gasteiger charge is 2.07. The van der Waals surface area contributed by atoms with Gasteiger partial charge in [-0.3, -0.25) is 4.79 Å². The lowest BCUT2D eigenvalue weighted by Gasteiger charge is -2.05. The highest BCUT2D eigenvalue weighted by atomic mass is 16.2. The van der Waals surface area contributed by atoms with Crippen molar-refractivity contribution in [2.24, 2.45) is 5.10 Å². The topological polar surface area (TPSA) is 51.3 Å². The van der Waals surface area contributed by atoms with Crippen LogP contribution in [0.5, 0.6) is 0 Å². The molecule has 1 amide bonds. The third-order valence-electron chi connectivity index (χ3n) is 4.33. The third-order valence-corrected chi connectivity index (χ3v) is 4.33. The molecule has 0 atom stereocenters. The van der Waals surface area contributed by atoms with Gasteiger partial charge in [0.1, 0.15) is 0 Å². The quantitative estimate of drug-likeness (QED) is 0.561. The van der Waals surface area contributed by atoms with Gasteiger partial charge < -0.3 is 9.13 Å². The van der Waals surface area contributed by atoms with Crippen LogP contribution in [0, 0.1) is 13.8 Å². The molecule has 0 bridgehead atoms. The summed E-state index contributed by atoms with van der Waals surface area (Å²) in [6.07, 6.45) is 5.62. The Morgan fingerprint density at radius 1 is 1.16 bits per heavy atom. The molecule has 0 fully saturated rings. The molecule has 2 aromatic heterocycles. The lowest BCUT2D eigenvalue weighted by Crippen LogP contribution is -2.17. The normalized spacial score (nSPS) is 11.2. The van der Waals surface area contributed by atoms with Crippen molar-refractivity contribution >= 4 is 12.1 Å². The van der Waals surface area contributed by atoms with Gasteiger partial charge in [0, 0.05) is 47.1 Å². The molecular formula is C20H22N4O. The molecule has 2 heterocycles. The number of carbonyl (C=O) groups excluding carboxylic acids is 1. The zero-order chi connectivity index (χ0) is 17.8. The summed E-state index contributed by atoms with van der Waals surface area (Å²) in [5, 5.41) is 4.10. The highest BCUT2D eigenvalue weighted by Crippen LogP contribution is 2.13. The van der Waals surface area contributed by atoms with Crippen molar-refractivity contribution in [1.82, 2.24) is 14.6 Å². The van der Waals surface area contributed by atoms with Crippen LogP contribution in [0.4, 0.5) is 0 Å². The first kappa shape index (κ1) is 16.8. The van der Waals surface area contributed by atoms with E-state index < -0.39 is 0 Å². The molecule has 5 nitrogen and oxygen atoms in total. The Labute approximate surface area is 147 Å². The van der Waals surface area contributed by atoms with Gasteiger partial charge in [-0.15, -0.1) is 0 Å². The Balaban J connectivity index is 1.66. The maximum Gasteiger partial charge on any atom is 0.271 e. The molecule has 0 spiro atoms. The third kappa shape index (κ3) is 3.55. The minimum Gasteiger partial charge on any atom is -0.349 e. The maximum absolute atomic E-state index is 12.2. The predicted octanol–water partition coefficient (Wildman–Crippen LogP) is 3.68. The van der Waals surface area contributed by atoms with E-state index in [1.807, 2.05) is 41.2 Å². The molecule has 1 aromatic carbocycles. The van der Waals surface area contributed by atoms with Gasteiger partial charge in [0.25, 0.3) is 5.91 Å². The number of nitrogens with one attached hydrogen (secondary N) is 1. The lowest BCUT2D eigenvalue weighted by atomic mass is 10.2. The smallest absolute Gasteiger partial charge is 0.271 e. The minimum absolute atomic E-state index is 0.223. The second kappa shape index (κ2) is 7.21. The number of hydrogen-bond donors (Lipinski definition) is 1. The van der Waals surface area contributed by atoms with E-state index in [2.05, 4.69) is 41.9 Å². The number of aryl methyl sites for hydroxylation is 1. The Morgan fingerprint density at radius 2 is 1.84 bits per heavy atom. The summed E-state index contributed by atoms with van der Waals surface area (Å²) in [6, 6.07) is 13.4. The van der Waals surface area contributed by atoms with E-state index in [1.54, 1.807) is 18.3 Å². The summed E-state index contributed by atoms with van der Waals surface area (Å²) in [7, 11) is 0. The van der Waals surface area contributed by atoms with Crippen LogP contribution in [0.2, 0.25) is 0 Å². The monoisotopic (exact) mass is 334 g/mol. The number of amides is 1. The Kier molecular flexibility index (Phi) is 4.84. The number of carbonyl (C=O) groups is 1. The van der Waals surface area contributed by atoms with Crippen molar-refractivity contribution in [3.8, 4) is 5.69 Å². The molecule has 0 saturated carbocycles. The van der Waals surface area contributed by atoms with E-state index in [4.69, 9.17) is 0 Å². The largest absolute Gasteiger partial charge is 0.349 e. The van der Waals surface area contributed by atoms with Crippen LogP contribution >= 0.6 is 0 Å². The molecule has 3 aromatic rings. The molecule has 0 unspecified atom stereocenters. The van der Waals surface area contributed by atoms with E-state index in [-0.39, 0.29) is 5.91 Å². The van der Waals surface area contributed by atoms with Crippen LogP contribution in [0.15, 0.2) is 60.0 Å². The number of hydrazone groups is 1. The molecule has 25 heavy (non-hydrogen) atoms. The number of benzene rings is 1. The first-order valence-corrected chi connectivity index (χ1v) is 8.33. The average molecular weight is 334 g/mol. The van der Waals surface area contributed by atoms with Crippen LogP contribution < -0.4 is 5.43 Å². The molecular weight excluding hydrogens is 312 g/mol. The van der Waals surface area contributed by atoms with Gasteiger partial charge in [0.15, 0.2) is 0 Å². The van der Waals surface area contributed by atoms with Crippen LogP contribution in [0.25, 0.3) is 5.69 Å². The Bertz CT molecular complexity index is 887. The van der Waals surface area contributed by atoms with Crippen LogP contribution in [0.3, 0.4) is 0 Å². The zero-order valence-corrected chi connectivity index (χ0v) is 14.7. The van der Waals surface area contributed by atoms with E-state index in [0.29, 0.717) is 5.56 Å². The molecule has 128 valence electrons. The second-order valence-corrected chi connectivity index (χ2v) is 5.91. The summed E-state index contributed by atoms with van der Waals surface area (Å²) >= 11 is 0. The molecule has 0 aliphatic rings. The fraction of sp³-hybridized carbons (Fsp3) is 0.200. The van der Waals surface area contributed by atoms with Crippen LogP contribution in [-0.4, -0.2) is 21.3 Å². The fourth-order valence-corrected chi connectivity index (χ4v) is 2.96. The number of aromatic nitrogens is 2. The summed E-state index contributed by atoms with van der Waals surface area (Å²) in [6.45, 7) is 7.16. The molecule has 0 radical (unpaired) electrons. The fourth-order valence-electron chi connectivity index (χ4n) is 2.96. The molecule has 5 heteroatoms. The van der Waals surface area contributed by atoms with Gasteiger partial charge in [-0.25, -0.2) is 5.43 Å². The second-order valence-electron chi connectivity index (χ2n) is 5.91. The van der Waals surface area contributed by atoms with Crippen molar-refractivity contribution < 1.29 is 4.79 Å². The molecule has 3 rings (SSSR count). The average Bonchev–Trinajstić information content (AvgIpc) is 3.24. The van der Waals surface area contributed by atoms with Crippen LogP contribution in [0.1, 0.15) is 34.2 Å². The minimum atomic E-state index is -0.223. The van der Waals surface area contributed by atoms with Gasteiger partial charge in [0.2, 0.25) is 0 Å². The summed E-state index contributed by atoms with van der Waals surface area (Å²) < 4.78 is 4.20. The first-order valence-electron chi connectivity index (χ1n) is 8.33. The van der Waals surface area contributed by atoms with Gasteiger partial charge in [-0.05, 0) is 63.2 Å². The highest BCUT2D eigenvalue weighted by molar-refractivity contribution is 5.95. The molecule has 1 N–H and O–H groups in total. The lowest BCUT2D eigenvalue weighted by molar-refractivity contribution is 0.0955. The van der Waals surface area contributed by atoms with Gasteiger partial charge >= 0.3 is 0 Å². The molecule has 0 aliphatic heterocycles. The number of rotatable bonds is 5. The van der Waals surface area contributed by atoms with Crippen LogP contribution in [-0.2, 0) is 6.54 Å². The van der Waals surface area contributed by atoms with Crippen molar-refractivity contribution in [3.63, 3.8) is 0 Å². The van der Waals surface area contributed by atoms with Crippen molar-refractivity contribution in [2.45, 2.75) is 27.3 Å². The predicted molar refractivity (Wildman–Crippen MR) is 100 cm³/mol. The molecule has 0 aliphatic carbocycles. The van der Waals surface area contributed by atoms with Gasteiger partial charge in [0.05, 0.1) is 6.21 Å². The number of nitrogens with zero attached hydrogens (tertiary/aromatic N) is 3. The van der Waals surface area contributed by atoms with E-state index in [1.165, 1.54) is 5.69 Å². The summed E-state index contributed by atoms with van der Waals surface area (Å²) in [5.74, 6) is -0.223. The Hall–Kier alpha value is -3.08. The number of hydrogen-bond acceptors (Lipinski definition) is 2. The zero-order valence-electron chi connectivity index (χ0n) is 14.7. The molecule has 0 saturated heterocycles. The summed E-state index contributed by atoms with van der Waals surface area (Å²) in [4.78, 5) is 12.2. The Morgan fingerprint density at radius 3 is 2.44 bits per heavy atom. The van der Waals surface area contributed by atoms with Gasteiger partial charge in [-0.1, -0.05) is 0 Å². The van der Waals surface area contributed by atoms with Crippen molar-refractivity contribution in [3.05, 3.63) is 77.4 Å². The van der Waals surface area contributed by atoms with E-state index in [0.717, 1.165) is 23.5 Å². The SMILES string of the molecule is CCn1c(C)cc(/C=N/NC(=O)c2ccc(-n3cccc3)cc2)c1C. The maximum atomic E-state index is 12.2. The van der Waals surface area contributed by atoms with E-state index in [9.17, 15) is 4.79 Å². The first-order chi connectivity index (χ1) is 12.1. The van der Waals surface area contributed by atoms with E-state index >= 15 is 0 Å². The van der Waals surface area contributed by atoms with Crippen molar-refractivity contribution in [2.75, 3.05) is 0 Å². The standard InChI is InChI=1S/C20H22N4O/c1-4-24-15(2)13-18(16(24)3)14-21-22-20(25)17-7-9-19(10-8-17)23-11-5-6-12-23/h5-14H,4H2,1-3H3,(H,22,25)/b21-14+. The van der Waals surface area contributed by atoms with Gasteiger partial charge in [-0.2, -0.15) is 5.10 Å².